The second-order valence-corrected chi connectivity index (χ2v) is 12.0. The molecule has 0 fully saturated rings. The Bertz CT molecular complexity index is 1190. The number of sulfonamides is 1. The summed E-state index contributed by atoms with van der Waals surface area (Å²) in [5.41, 5.74) is 0.689. The number of fused-ring (bicyclic) bond motifs is 1. The van der Waals surface area contributed by atoms with Gasteiger partial charge in [0.1, 0.15) is 12.4 Å². The highest BCUT2D eigenvalue weighted by molar-refractivity contribution is 7.92. The quantitative estimate of drug-likeness (QED) is 0.536. The maximum Gasteiger partial charge on any atom is 0.261 e. The topological polar surface area (TPSA) is 105 Å². The van der Waals surface area contributed by atoms with E-state index in [2.05, 4.69) is 23.9 Å². The summed E-state index contributed by atoms with van der Waals surface area (Å²) < 4.78 is 34.6. The first kappa shape index (κ1) is 26.5. The fraction of sp³-hybridized carbons (Fsp3) is 0.462. The van der Waals surface area contributed by atoms with E-state index < -0.39 is 15.4 Å². The van der Waals surface area contributed by atoms with Gasteiger partial charge in [0.25, 0.3) is 10.0 Å². The number of carbonyl (C=O) groups is 2. The number of rotatable bonds is 8. The number of amides is 2. The van der Waals surface area contributed by atoms with E-state index in [-0.39, 0.29) is 29.2 Å². The Morgan fingerprint density at radius 1 is 1.06 bits per heavy atom. The first-order valence-electron chi connectivity index (χ1n) is 11.8. The number of hydrogen-bond donors (Lipinski definition) is 2. The van der Waals surface area contributed by atoms with Crippen molar-refractivity contribution in [1.82, 2.24) is 0 Å². The maximum absolute atomic E-state index is 13.3. The van der Waals surface area contributed by atoms with Crippen molar-refractivity contribution in [3.8, 4) is 5.75 Å². The van der Waals surface area contributed by atoms with Crippen molar-refractivity contribution < 1.29 is 22.7 Å². The zero-order chi connectivity index (χ0) is 26.0. The van der Waals surface area contributed by atoms with Gasteiger partial charge in [0.15, 0.2) is 0 Å². The number of carbonyl (C=O) groups excluding carboxylic acids is 2. The molecular formula is C26H35N3O5S. The monoisotopic (exact) mass is 501 g/mol. The van der Waals surface area contributed by atoms with E-state index in [0.29, 0.717) is 35.3 Å². The normalized spacial score (nSPS) is 15.4. The number of nitrogens with one attached hydrogen (secondary N) is 2. The number of ether oxygens (including phenoxy) is 1. The van der Waals surface area contributed by atoms with Crippen LogP contribution in [0, 0.1) is 17.3 Å². The van der Waals surface area contributed by atoms with Crippen molar-refractivity contribution in [1.29, 1.82) is 0 Å². The summed E-state index contributed by atoms with van der Waals surface area (Å²) in [4.78, 5) is 26.9. The molecule has 1 aliphatic rings. The van der Waals surface area contributed by atoms with E-state index in [9.17, 15) is 18.0 Å². The van der Waals surface area contributed by atoms with Crippen molar-refractivity contribution in [2.24, 2.45) is 17.3 Å². The van der Waals surface area contributed by atoms with E-state index in [1.54, 1.807) is 49.1 Å². The van der Waals surface area contributed by atoms with Crippen LogP contribution in [-0.4, -0.2) is 33.4 Å². The van der Waals surface area contributed by atoms with Crippen LogP contribution in [0.15, 0.2) is 47.4 Å². The standard InChI is InChI=1S/C26H35N3O5S/c1-17(2)13-14-29-22-15-20(9-12-23(22)34-16-26(5,6)25(29)31)28-35(32,33)21-10-7-19(8-11-21)27-24(30)18(3)4/h7-12,15,17-18,28H,13-14,16H2,1-6H3,(H,27,30). The lowest BCUT2D eigenvalue weighted by atomic mass is 9.92. The fourth-order valence-electron chi connectivity index (χ4n) is 3.54. The Labute approximate surface area is 208 Å². The van der Waals surface area contributed by atoms with Crippen LogP contribution in [0.3, 0.4) is 0 Å². The molecular weight excluding hydrogens is 466 g/mol. The number of hydrogen-bond acceptors (Lipinski definition) is 5. The van der Waals surface area contributed by atoms with Crippen LogP contribution in [0.25, 0.3) is 0 Å². The van der Waals surface area contributed by atoms with E-state index in [1.165, 1.54) is 12.1 Å². The molecule has 8 nitrogen and oxygen atoms in total. The molecule has 2 N–H and O–H groups in total. The van der Waals surface area contributed by atoms with Gasteiger partial charge in [-0.1, -0.05) is 27.7 Å². The highest BCUT2D eigenvalue weighted by Crippen LogP contribution is 2.39. The number of benzene rings is 2. The summed E-state index contributed by atoms with van der Waals surface area (Å²) in [6.45, 7) is 12.2. The molecule has 0 atom stereocenters. The Morgan fingerprint density at radius 3 is 2.29 bits per heavy atom. The highest BCUT2D eigenvalue weighted by Gasteiger charge is 2.37. The van der Waals surface area contributed by atoms with Crippen molar-refractivity contribution in [3.63, 3.8) is 0 Å². The van der Waals surface area contributed by atoms with Crippen molar-refractivity contribution in [2.75, 3.05) is 28.1 Å². The third-order valence-electron chi connectivity index (χ3n) is 5.80. The molecule has 2 aromatic carbocycles. The van der Waals surface area contributed by atoms with E-state index >= 15 is 0 Å². The molecule has 2 aromatic rings. The lowest BCUT2D eigenvalue weighted by Crippen LogP contribution is -2.42. The molecule has 1 aliphatic heterocycles. The minimum atomic E-state index is -3.90. The van der Waals surface area contributed by atoms with Gasteiger partial charge in [0, 0.05) is 18.2 Å². The first-order chi connectivity index (χ1) is 16.3. The minimum absolute atomic E-state index is 0.0557. The fourth-order valence-corrected chi connectivity index (χ4v) is 4.59. The van der Waals surface area contributed by atoms with Gasteiger partial charge in [-0.2, -0.15) is 0 Å². The van der Waals surface area contributed by atoms with Crippen molar-refractivity contribution in [3.05, 3.63) is 42.5 Å². The van der Waals surface area contributed by atoms with Gasteiger partial charge in [0.05, 0.1) is 21.7 Å². The molecule has 0 bridgehead atoms. The number of anilines is 3. The van der Waals surface area contributed by atoms with Crippen LogP contribution in [0.2, 0.25) is 0 Å². The maximum atomic E-state index is 13.3. The first-order valence-corrected chi connectivity index (χ1v) is 13.3. The molecule has 0 spiro atoms. The predicted octanol–water partition coefficient (Wildman–Crippen LogP) is 4.88. The van der Waals surface area contributed by atoms with Gasteiger partial charge in [-0.25, -0.2) is 8.42 Å². The lowest BCUT2D eigenvalue weighted by Gasteiger charge is -2.28. The molecule has 3 rings (SSSR count). The summed E-state index contributed by atoms with van der Waals surface area (Å²) in [6.07, 6.45) is 0.802. The summed E-state index contributed by atoms with van der Waals surface area (Å²) in [7, 11) is -3.90. The van der Waals surface area contributed by atoms with Gasteiger partial charge in [0.2, 0.25) is 11.8 Å². The molecule has 1 heterocycles. The summed E-state index contributed by atoms with van der Waals surface area (Å²) >= 11 is 0. The van der Waals surface area contributed by atoms with E-state index in [1.807, 2.05) is 13.8 Å². The van der Waals surface area contributed by atoms with Crippen LogP contribution in [0.4, 0.5) is 17.1 Å². The molecule has 0 saturated heterocycles. The van der Waals surface area contributed by atoms with Gasteiger partial charge >= 0.3 is 0 Å². The molecule has 0 aliphatic carbocycles. The van der Waals surface area contributed by atoms with Gasteiger partial charge < -0.3 is 15.0 Å². The lowest BCUT2D eigenvalue weighted by molar-refractivity contribution is -0.127. The second-order valence-electron chi connectivity index (χ2n) is 10.3. The third kappa shape index (κ3) is 6.33. The number of nitrogens with zero attached hydrogens (tertiary/aromatic N) is 1. The van der Waals surface area contributed by atoms with Crippen molar-refractivity contribution in [2.45, 2.75) is 52.9 Å². The zero-order valence-electron chi connectivity index (χ0n) is 21.2. The van der Waals surface area contributed by atoms with Crippen LogP contribution in [0.5, 0.6) is 5.75 Å². The smallest absolute Gasteiger partial charge is 0.261 e. The van der Waals surface area contributed by atoms with Crippen LogP contribution in [-0.2, 0) is 19.6 Å². The SMILES string of the molecule is CC(C)CCN1C(=O)C(C)(C)COc2ccc(NS(=O)(=O)c3ccc(NC(=O)C(C)C)cc3)cc21. The van der Waals surface area contributed by atoms with Crippen molar-refractivity contribution >= 4 is 38.9 Å². The average molecular weight is 502 g/mol. The van der Waals surface area contributed by atoms with Gasteiger partial charge in [-0.3, -0.25) is 14.3 Å². The Kier molecular flexibility index (Phi) is 7.79. The summed E-state index contributed by atoms with van der Waals surface area (Å²) in [5, 5.41) is 2.74. The molecule has 190 valence electrons. The Hall–Kier alpha value is -3.07. The molecule has 35 heavy (non-hydrogen) atoms. The average Bonchev–Trinajstić information content (AvgIpc) is 2.86. The van der Waals surface area contributed by atoms with Gasteiger partial charge in [-0.05, 0) is 68.7 Å². The second kappa shape index (κ2) is 10.3. The van der Waals surface area contributed by atoms with Crippen LogP contribution >= 0.6 is 0 Å². The predicted molar refractivity (Wildman–Crippen MR) is 138 cm³/mol. The Balaban J connectivity index is 1.87. The minimum Gasteiger partial charge on any atom is -0.490 e. The largest absolute Gasteiger partial charge is 0.490 e. The van der Waals surface area contributed by atoms with E-state index in [4.69, 9.17) is 4.74 Å². The third-order valence-corrected chi connectivity index (χ3v) is 7.20. The molecule has 0 radical (unpaired) electrons. The Morgan fingerprint density at radius 2 is 1.69 bits per heavy atom. The van der Waals surface area contributed by atoms with E-state index in [0.717, 1.165) is 6.42 Å². The summed E-state index contributed by atoms with van der Waals surface area (Å²) in [5.74, 6) is 0.547. The molecule has 0 aromatic heterocycles. The van der Waals surface area contributed by atoms with Crippen LogP contribution in [0.1, 0.15) is 48.0 Å². The molecule has 9 heteroatoms. The van der Waals surface area contributed by atoms with Crippen LogP contribution < -0.4 is 19.7 Å². The summed E-state index contributed by atoms with van der Waals surface area (Å²) in [6, 6.07) is 10.9. The highest BCUT2D eigenvalue weighted by atomic mass is 32.2. The molecule has 0 saturated carbocycles. The van der Waals surface area contributed by atoms with Gasteiger partial charge in [-0.15, -0.1) is 0 Å². The molecule has 2 amide bonds. The molecule has 0 unspecified atom stereocenters. The zero-order valence-corrected chi connectivity index (χ0v) is 22.0.